The smallest absolute Gasteiger partial charge is 0.276 e. The Balaban J connectivity index is 2.54. The van der Waals surface area contributed by atoms with Gasteiger partial charge < -0.3 is 0 Å². The second kappa shape index (κ2) is 5.46. The van der Waals surface area contributed by atoms with Gasteiger partial charge in [-0.3, -0.25) is 4.79 Å². The summed E-state index contributed by atoms with van der Waals surface area (Å²) in [5.74, 6) is 0. The standard InChI is InChI=1S/C14H7Cl2F3O/c15-12-6-9(4-10(7-12)13(16)20)8-2-1-3-11(5-8)14(17,18)19/h1-7H. The average molecular weight is 319 g/mol. The van der Waals surface area contributed by atoms with Gasteiger partial charge in [0.05, 0.1) is 5.56 Å². The molecular formula is C14H7Cl2F3O. The van der Waals surface area contributed by atoms with Gasteiger partial charge in [-0.05, 0) is 53.1 Å². The van der Waals surface area contributed by atoms with E-state index in [2.05, 4.69) is 0 Å². The van der Waals surface area contributed by atoms with Crippen LogP contribution in [0.15, 0.2) is 42.5 Å². The zero-order chi connectivity index (χ0) is 14.9. The second-order valence-corrected chi connectivity index (χ2v) is 4.86. The molecule has 0 aliphatic heterocycles. The van der Waals surface area contributed by atoms with E-state index in [4.69, 9.17) is 23.2 Å². The third-order valence-electron chi connectivity index (χ3n) is 2.65. The number of hydrogen-bond acceptors (Lipinski definition) is 1. The van der Waals surface area contributed by atoms with E-state index in [1.807, 2.05) is 0 Å². The summed E-state index contributed by atoms with van der Waals surface area (Å²) in [7, 11) is 0. The number of benzene rings is 2. The third kappa shape index (κ3) is 3.32. The van der Waals surface area contributed by atoms with E-state index in [9.17, 15) is 18.0 Å². The molecule has 1 nitrogen and oxygen atoms in total. The Labute approximate surface area is 122 Å². The minimum absolute atomic E-state index is 0.131. The van der Waals surface area contributed by atoms with E-state index in [0.29, 0.717) is 11.1 Å². The molecule has 6 heteroatoms. The summed E-state index contributed by atoms with van der Waals surface area (Å²) < 4.78 is 38.0. The average Bonchev–Trinajstić information content (AvgIpc) is 2.37. The SMILES string of the molecule is O=C(Cl)c1cc(Cl)cc(-c2cccc(C(F)(F)F)c2)c1. The number of halogens is 5. The molecule has 0 N–H and O–H groups in total. The quantitative estimate of drug-likeness (QED) is 0.677. The van der Waals surface area contributed by atoms with Gasteiger partial charge in [0.25, 0.3) is 5.24 Å². The maximum Gasteiger partial charge on any atom is 0.416 e. The summed E-state index contributed by atoms with van der Waals surface area (Å²) in [5.41, 5.74) is 0.0643. The summed E-state index contributed by atoms with van der Waals surface area (Å²) in [5, 5.41) is -0.496. The molecule has 104 valence electrons. The van der Waals surface area contributed by atoms with Crippen LogP contribution in [-0.4, -0.2) is 5.24 Å². The first-order valence-electron chi connectivity index (χ1n) is 5.45. The van der Waals surface area contributed by atoms with E-state index >= 15 is 0 Å². The van der Waals surface area contributed by atoms with E-state index < -0.39 is 17.0 Å². The lowest BCUT2D eigenvalue weighted by atomic mass is 10.0. The molecule has 0 saturated heterocycles. The first-order chi connectivity index (χ1) is 9.27. The van der Waals surface area contributed by atoms with Crippen LogP contribution in [0.3, 0.4) is 0 Å². The van der Waals surface area contributed by atoms with Crippen LogP contribution in [0, 0.1) is 0 Å². The van der Waals surface area contributed by atoms with Crippen LogP contribution in [0.4, 0.5) is 13.2 Å². The number of rotatable bonds is 2. The number of carbonyl (C=O) groups is 1. The highest BCUT2D eigenvalue weighted by atomic mass is 35.5. The van der Waals surface area contributed by atoms with Crippen LogP contribution in [0.5, 0.6) is 0 Å². The molecule has 0 saturated carbocycles. The zero-order valence-electron chi connectivity index (χ0n) is 9.84. The highest BCUT2D eigenvalue weighted by molar-refractivity contribution is 6.67. The van der Waals surface area contributed by atoms with E-state index in [-0.39, 0.29) is 10.6 Å². The Bertz CT molecular complexity index is 666. The molecule has 0 atom stereocenters. The normalized spacial score (nSPS) is 11.4. The molecule has 0 unspecified atom stereocenters. The zero-order valence-corrected chi connectivity index (χ0v) is 11.4. The third-order valence-corrected chi connectivity index (χ3v) is 3.08. The number of carbonyl (C=O) groups excluding carboxylic acids is 1. The van der Waals surface area contributed by atoms with Gasteiger partial charge in [0.2, 0.25) is 0 Å². The molecule has 2 aromatic rings. The fourth-order valence-electron chi connectivity index (χ4n) is 1.74. The van der Waals surface area contributed by atoms with Gasteiger partial charge in [-0.1, -0.05) is 23.7 Å². The molecule has 0 bridgehead atoms. The molecule has 0 heterocycles. The Hall–Kier alpha value is -1.52. The Morgan fingerprint density at radius 1 is 1.00 bits per heavy atom. The second-order valence-electron chi connectivity index (χ2n) is 4.08. The van der Waals surface area contributed by atoms with Gasteiger partial charge in [0.1, 0.15) is 0 Å². The minimum atomic E-state index is -4.43. The molecule has 0 aliphatic rings. The largest absolute Gasteiger partial charge is 0.416 e. The maximum atomic E-state index is 12.7. The van der Waals surface area contributed by atoms with Gasteiger partial charge >= 0.3 is 6.18 Å². The van der Waals surface area contributed by atoms with Gasteiger partial charge in [-0.2, -0.15) is 13.2 Å². The first kappa shape index (κ1) is 14.9. The Morgan fingerprint density at radius 3 is 2.30 bits per heavy atom. The van der Waals surface area contributed by atoms with Crippen molar-refractivity contribution >= 4 is 28.4 Å². The van der Waals surface area contributed by atoms with Crippen molar-refractivity contribution in [2.45, 2.75) is 6.18 Å². The Kier molecular flexibility index (Phi) is 4.06. The molecule has 0 spiro atoms. The van der Waals surface area contributed by atoms with Gasteiger partial charge in [-0.25, -0.2) is 0 Å². The van der Waals surface area contributed by atoms with E-state index in [1.165, 1.54) is 30.3 Å². The predicted molar refractivity (Wildman–Crippen MR) is 72.1 cm³/mol. The van der Waals surface area contributed by atoms with Gasteiger partial charge in [0.15, 0.2) is 0 Å². The van der Waals surface area contributed by atoms with Gasteiger partial charge in [0, 0.05) is 10.6 Å². The molecular weight excluding hydrogens is 312 g/mol. The van der Waals surface area contributed by atoms with Crippen LogP contribution in [0.2, 0.25) is 5.02 Å². The molecule has 0 aliphatic carbocycles. The summed E-state index contributed by atoms with van der Waals surface area (Å²) in [6, 6.07) is 8.99. The molecule has 20 heavy (non-hydrogen) atoms. The monoisotopic (exact) mass is 318 g/mol. The van der Waals surface area contributed by atoms with Crippen molar-refractivity contribution in [2.75, 3.05) is 0 Å². The maximum absolute atomic E-state index is 12.7. The molecule has 0 fully saturated rings. The fourth-order valence-corrected chi connectivity index (χ4v) is 2.09. The lowest BCUT2D eigenvalue weighted by Crippen LogP contribution is -2.04. The highest BCUT2D eigenvalue weighted by Gasteiger charge is 2.30. The van der Waals surface area contributed by atoms with Crippen molar-refractivity contribution in [1.82, 2.24) is 0 Å². The van der Waals surface area contributed by atoms with Gasteiger partial charge in [-0.15, -0.1) is 0 Å². The number of alkyl halides is 3. The molecule has 2 aromatic carbocycles. The predicted octanol–water partition coefficient (Wildman–Crippen LogP) is 5.40. The van der Waals surface area contributed by atoms with Crippen molar-refractivity contribution in [3.8, 4) is 11.1 Å². The van der Waals surface area contributed by atoms with Crippen molar-refractivity contribution in [3.63, 3.8) is 0 Å². The summed E-state index contributed by atoms with van der Waals surface area (Å²) in [6.07, 6.45) is -4.43. The van der Waals surface area contributed by atoms with E-state index in [1.54, 1.807) is 0 Å². The number of hydrogen-bond donors (Lipinski definition) is 0. The summed E-state index contributed by atoms with van der Waals surface area (Å²) in [4.78, 5) is 11.1. The fraction of sp³-hybridized carbons (Fsp3) is 0.0714. The van der Waals surface area contributed by atoms with Crippen LogP contribution in [0.25, 0.3) is 11.1 Å². The van der Waals surface area contributed by atoms with Crippen LogP contribution in [0.1, 0.15) is 15.9 Å². The lowest BCUT2D eigenvalue weighted by Gasteiger charge is -2.09. The van der Waals surface area contributed by atoms with Crippen LogP contribution >= 0.6 is 23.2 Å². The van der Waals surface area contributed by atoms with E-state index in [0.717, 1.165) is 12.1 Å². The topological polar surface area (TPSA) is 17.1 Å². The minimum Gasteiger partial charge on any atom is -0.276 e. The van der Waals surface area contributed by atoms with Crippen molar-refractivity contribution in [3.05, 3.63) is 58.6 Å². The lowest BCUT2D eigenvalue weighted by molar-refractivity contribution is -0.137. The molecule has 2 rings (SSSR count). The van der Waals surface area contributed by atoms with Crippen molar-refractivity contribution in [2.24, 2.45) is 0 Å². The molecule has 0 aromatic heterocycles. The van der Waals surface area contributed by atoms with Crippen LogP contribution < -0.4 is 0 Å². The highest BCUT2D eigenvalue weighted by Crippen LogP contribution is 2.33. The van der Waals surface area contributed by atoms with Crippen molar-refractivity contribution < 1.29 is 18.0 Å². The molecule has 0 radical (unpaired) electrons. The molecule has 0 amide bonds. The van der Waals surface area contributed by atoms with Crippen molar-refractivity contribution in [1.29, 1.82) is 0 Å². The van der Waals surface area contributed by atoms with Crippen LogP contribution in [-0.2, 0) is 6.18 Å². The first-order valence-corrected chi connectivity index (χ1v) is 6.21. The summed E-state index contributed by atoms with van der Waals surface area (Å²) >= 11 is 11.2. The summed E-state index contributed by atoms with van der Waals surface area (Å²) in [6.45, 7) is 0. The Morgan fingerprint density at radius 2 is 1.70 bits per heavy atom.